The van der Waals surface area contributed by atoms with E-state index in [2.05, 4.69) is 5.32 Å². The van der Waals surface area contributed by atoms with Gasteiger partial charge in [0.1, 0.15) is 11.6 Å². The van der Waals surface area contributed by atoms with Crippen molar-refractivity contribution in [1.29, 1.82) is 0 Å². The molecule has 1 fully saturated rings. The number of rotatable bonds is 1. The van der Waals surface area contributed by atoms with Crippen LogP contribution in [0.3, 0.4) is 0 Å². The van der Waals surface area contributed by atoms with Crippen LogP contribution in [0.2, 0.25) is 0 Å². The maximum atomic E-state index is 13.4. The van der Waals surface area contributed by atoms with Gasteiger partial charge < -0.3 is 5.32 Å². The van der Waals surface area contributed by atoms with Gasteiger partial charge in [-0.05, 0) is 18.2 Å². The molecule has 16 heavy (non-hydrogen) atoms. The first-order valence-corrected chi connectivity index (χ1v) is 6.69. The van der Waals surface area contributed by atoms with Crippen LogP contribution in [0.1, 0.15) is 11.6 Å². The summed E-state index contributed by atoms with van der Waals surface area (Å²) in [6.07, 6.45) is 0. The van der Waals surface area contributed by atoms with Gasteiger partial charge in [-0.15, -0.1) is 0 Å². The summed E-state index contributed by atoms with van der Waals surface area (Å²) in [5.74, 6) is -1.30. The molecule has 0 amide bonds. The molecule has 2 rings (SSSR count). The summed E-state index contributed by atoms with van der Waals surface area (Å²) in [6.45, 7) is 0.267. The fraction of sp³-hybridized carbons (Fsp3) is 0.400. The van der Waals surface area contributed by atoms with Crippen molar-refractivity contribution < 1.29 is 17.2 Å². The minimum atomic E-state index is -3.16. The van der Waals surface area contributed by atoms with Gasteiger partial charge in [-0.1, -0.05) is 0 Å². The van der Waals surface area contributed by atoms with Crippen LogP contribution in [0.5, 0.6) is 0 Å². The monoisotopic (exact) mass is 247 g/mol. The molecule has 1 heterocycles. The molecule has 0 radical (unpaired) electrons. The largest absolute Gasteiger partial charge is 0.308 e. The second-order valence-corrected chi connectivity index (χ2v) is 6.02. The Hall–Kier alpha value is -1.01. The minimum absolute atomic E-state index is 0.0421. The Balaban J connectivity index is 2.33. The van der Waals surface area contributed by atoms with Crippen LogP contribution in [0.25, 0.3) is 0 Å². The molecule has 1 N–H and O–H groups in total. The highest BCUT2D eigenvalue weighted by Gasteiger charge is 2.27. The van der Waals surface area contributed by atoms with Crippen molar-refractivity contribution in [2.75, 3.05) is 18.1 Å². The fourth-order valence-electron chi connectivity index (χ4n) is 1.77. The molecule has 1 aliphatic rings. The highest BCUT2D eigenvalue weighted by Crippen LogP contribution is 2.22. The Morgan fingerprint density at radius 2 is 2.06 bits per heavy atom. The number of halogens is 2. The van der Waals surface area contributed by atoms with E-state index >= 15 is 0 Å². The highest BCUT2D eigenvalue weighted by atomic mass is 32.2. The average molecular weight is 247 g/mol. The van der Waals surface area contributed by atoms with E-state index in [0.717, 1.165) is 18.2 Å². The lowest BCUT2D eigenvalue weighted by Gasteiger charge is -2.24. The van der Waals surface area contributed by atoms with E-state index in [4.69, 9.17) is 0 Å². The second kappa shape index (κ2) is 4.10. The number of nitrogens with one attached hydrogen (secondary N) is 1. The molecular weight excluding hydrogens is 236 g/mol. The van der Waals surface area contributed by atoms with Gasteiger partial charge in [0.05, 0.1) is 11.5 Å². The van der Waals surface area contributed by atoms with Crippen LogP contribution in [0.4, 0.5) is 8.78 Å². The molecular formula is C10H11F2NO2S. The minimum Gasteiger partial charge on any atom is -0.308 e. The molecule has 1 aromatic carbocycles. The molecule has 6 heteroatoms. The zero-order valence-electron chi connectivity index (χ0n) is 8.41. The van der Waals surface area contributed by atoms with Crippen LogP contribution < -0.4 is 5.32 Å². The summed E-state index contributed by atoms with van der Waals surface area (Å²) >= 11 is 0. The third-order valence-corrected chi connectivity index (χ3v) is 4.23. The van der Waals surface area contributed by atoms with Crippen LogP contribution >= 0.6 is 0 Å². The summed E-state index contributed by atoms with van der Waals surface area (Å²) in [6, 6.07) is 2.40. The standard InChI is InChI=1S/C10H11F2NO2S/c11-7-1-2-9(12)8(5-7)10-6-16(14,15)4-3-13-10/h1-2,5,10,13H,3-4,6H2. The van der Waals surface area contributed by atoms with Crippen molar-refractivity contribution in [2.45, 2.75) is 6.04 Å². The average Bonchev–Trinajstić information content (AvgIpc) is 2.20. The first kappa shape index (κ1) is 11.5. The lowest BCUT2D eigenvalue weighted by Crippen LogP contribution is -2.39. The van der Waals surface area contributed by atoms with Gasteiger partial charge in [-0.2, -0.15) is 0 Å². The van der Waals surface area contributed by atoms with Crippen molar-refractivity contribution in [3.05, 3.63) is 35.4 Å². The molecule has 0 aliphatic carbocycles. The molecule has 1 saturated heterocycles. The Morgan fingerprint density at radius 3 is 2.75 bits per heavy atom. The molecule has 0 aromatic heterocycles. The second-order valence-electron chi connectivity index (χ2n) is 3.79. The van der Waals surface area contributed by atoms with E-state index in [9.17, 15) is 17.2 Å². The molecule has 1 unspecified atom stereocenters. The Labute approximate surface area is 92.4 Å². The number of hydrogen-bond acceptors (Lipinski definition) is 3. The van der Waals surface area contributed by atoms with Crippen molar-refractivity contribution in [2.24, 2.45) is 0 Å². The molecule has 1 aliphatic heterocycles. The van der Waals surface area contributed by atoms with Gasteiger partial charge in [0.15, 0.2) is 9.84 Å². The SMILES string of the molecule is O=S1(=O)CCNC(c2cc(F)ccc2F)C1. The summed E-state index contributed by atoms with van der Waals surface area (Å²) in [7, 11) is -3.16. The molecule has 88 valence electrons. The van der Waals surface area contributed by atoms with E-state index in [-0.39, 0.29) is 23.6 Å². The van der Waals surface area contributed by atoms with Gasteiger partial charge in [0.2, 0.25) is 0 Å². The van der Waals surface area contributed by atoms with Gasteiger partial charge >= 0.3 is 0 Å². The van der Waals surface area contributed by atoms with E-state index < -0.39 is 27.5 Å². The van der Waals surface area contributed by atoms with Crippen LogP contribution in [0.15, 0.2) is 18.2 Å². The van der Waals surface area contributed by atoms with Crippen molar-refractivity contribution in [3.63, 3.8) is 0 Å². The summed E-state index contributed by atoms with van der Waals surface area (Å²) in [5.41, 5.74) is 0.0725. The third kappa shape index (κ3) is 2.38. The predicted octanol–water partition coefficient (Wildman–Crippen LogP) is 1.02. The lowest BCUT2D eigenvalue weighted by atomic mass is 10.1. The number of sulfone groups is 1. The van der Waals surface area contributed by atoms with E-state index in [0.29, 0.717) is 0 Å². The molecule has 0 bridgehead atoms. The Bertz CT molecular complexity index is 502. The van der Waals surface area contributed by atoms with Gasteiger partial charge in [0.25, 0.3) is 0 Å². The van der Waals surface area contributed by atoms with Gasteiger partial charge in [-0.3, -0.25) is 0 Å². The molecule has 1 atom stereocenters. The maximum absolute atomic E-state index is 13.4. The third-order valence-electron chi connectivity index (χ3n) is 2.56. The van der Waals surface area contributed by atoms with E-state index in [1.165, 1.54) is 0 Å². The van der Waals surface area contributed by atoms with E-state index in [1.54, 1.807) is 0 Å². The zero-order valence-corrected chi connectivity index (χ0v) is 9.23. The van der Waals surface area contributed by atoms with Crippen LogP contribution in [-0.2, 0) is 9.84 Å². The first-order valence-electron chi connectivity index (χ1n) is 4.87. The van der Waals surface area contributed by atoms with Gasteiger partial charge in [-0.25, -0.2) is 17.2 Å². The Morgan fingerprint density at radius 1 is 1.31 bits per heavy atom. The topological polar surface area (TPSA) is 46.2 Å². The van der Waals surface area contributed by atoms with Crippen molar-refractivity contribution in [3.8, 4) is 0 Å². The fourth-order valence-corrected chi connectivity index (χ4v) is 3.17. The normalized spacial score (nSPS) is 24.2. The summed E-state index contributed by atoms with van der Waals surface area (Å²) in [5, 5.41) is 2.87. The van der Waals surface area contributed by atoms with Gasteiger partial charge in [0, 0.05) is 18.2 Å². The van der Waals surface area contributed by atoms with E-state index in [1.807, 2.05) is 0 Å². The quantitative estimate of drug-likeness (QED) is 0.806. The van der Waals surface area contributed by atoms with Crippen LogP contribution in [0, 0.1) is 11.6 Å². The zero-order chi connectivity index (χ0) is 11.8. The highest BCUT2D eigenvalue weighted by molar-refractivity contribution is 7.91. The predicted molar refractivity (Wildman–Crippen MR) is 55.8 cm³/mol. The molecule has 3 nitrogen and oxygen atoms in total. The number of benzene rings is 1. The summed E-state index contributed by atoms with van der Waals surface area (Å²) in [4.78, 5) is 0. The smallest absolute Gasteiger partial charge is 0.153 e. The maximum Gasteiger partial charge on any atom is 0.153 e. The molecule has 0 saturated carbocycles. The number of hydrogen-bond donors (Lipinski definition) is 1. The van der Waals surface area contributed by atoms with Crippen molar-refractivity contribution in [1.82, 2.24) is 5.32 Å². The van der Waals surface area contributed by atoms with Crippen LogP contribution in [-0.4, -0.2) is 26.5 Å². The molecule has 1 aromatic rings. The lowest BCUT2D eigenvalue weighted by molar-refractivity contribution is 0.502. The summed E-state index contributed by atoms with van der Waals surface area (Å²) < 4.78 is 49.1. The first-order chi connectivity index (χ1) is 7.48. The molecule has 0 spiro atoms. The Kier molecular flexibility index (Phi) is 2.94. The van der Waals surface area contributed by atoms with Crippen molar-refractivity contribution >= 4 is 9.84 Å².